The number of pyridine rings is 1. The van der Waals surface area contributed by atoms with Gasteiger partial charge in [-0.15, -0.1) is 5.10 Å². The summed E-state index contributed by atoms with van der Waals surface area (Å²) >= 11 is 0. The number of fused-ring (bicyclic) bond motifs is 1. The molecule has 1 aliphatic rings. The molecule has 4 heterocycles. The number of aromatic nitrogens is 5. The molecular formula is C30H31N7O3. The molecule has 10 heteroatoms. The molecule has 0 spiro atoms. The number of aryl methyl sites for hydroxylation is 4. The number of tetrazole rings is 1. The zero-order chi connectivity index (χ0) is 27.6. The number of nitrogens with one attached hydrogen (secondary N) is 1. The highest BCUT2D eigenvalue weighted by atomic mass is 16.3. The summed E-state index contributed by atoms with van der Waals surface area (Å²) in [5.74, 6) is 0.796. The second kappa shape index (κ2) is 10.9. The lowest BCUT2D eigenvalue weighted by atomic mass is 9.99. The summed E-state index contributed by atoms with van der Waals surface area (Å²) in [6, 6.07) is 19.1. The van der Waals surface area contributed by atoms with Gasteiger partial charge in [-0.05, 0) is 71.0 Å². The Morgan fingerprint density at radius 3 is 2.58 bits per heavy atom. The number of carbonyl (C=O) groups excluding carboxylic acids is 1. The van der Waals surface area contributed by atoms with Crippen LogP contribution in [0.2, 0.25) is 0 Å². The molecule has 2 aromatic carbocycles. The van der Waals surface area contributed by atoms with E-state index >= 15 is 0 Å². The van der Waals surface area contributed by atoms with E-state index in [2.05, 4.69) is 43.6 Å². The Morgan fingerprint density at radius 1 is 1.02 bits per heavy atom. The molecule has 40 heavy (non-hydrogen) atoms. The molecule has 204 valence electrons. The lowest BCUT2D eigenvalue weighted by Crippen LogP contribution is -2.50. The molecule has 0 unspecified atom stereocenters. The molecule has 1 saturated heterocycles. The lowest BCUT2D eigenvalue weighted by molar-refractivity contribution is 0.0558. The van der Waals surface area contributed by atoms with Gasteiger partial charge in [0.2, 0.25) is 0 Å². The molecular weight excluding hydrogens is 506 g/mol. The van der Waals surface area contributed by atoms with Gasteiger partial charge >= 0.3 is 0 Å². The number of hydrogen-bond acceptors (Lipinski definition) is 7. The van der Waals surface area contributed by atoms with Crippen molar-refractivity contribution in [1.29, 1.82) is 0 Å². The van der Waals surface area contributed by atoms with E-state index in [-0.39, 0.29) is 11.5 Å². The van der Waals surface area contributed by atoms with Crippen LogP contribution in [0.25, 0.3) is 10.9 Å². The minimum absolute atomic E-state index is 0.136. The number of piperazine rings is 1. The van der Waals surface area contributed by atoms with Crippen LogP contribution < -0.4 is 5.56 Å². The fourth-order valence-electron chi connectivity index (χ4n) is 5.43. The van der Waals surface area contributed by atoms with Crippen molar-refractivity contribution in [2.24, 2.45) is 0 Å². The minimum atomic E-state index is -0.485. The number of H-pyrrole nitrogens is 1. The summed E-state index contributed by atoms with van der Waals surface area (Å²) in [6.07, 6.45) is 2.26. The van der Waals surface area contributed by atoms with Crippen molar-refractivity contribution in [2.45, 2.75) is 32.9 Å². The first-order chi connectivity index (χ1) is 19.5. The highest BCUT2D eigenvalue weighted by Gasteiger charge is 2.34. The molecule has 1 aliphatic heterocycles. The van der Waals surface area contributed by atoms with E-state index in [9.17, 15) is 9.59 Å². The van der Waals surface area contributed by atoms with E-state index < -0.39 is 6.04 Å². The minimum Gasteiger partial charge on any atom is -0.459 e. The van der Waals surface area contributed by atoms with E-state index in [0.29, 0.717) is 49.9 Å². The van der Waals surface area contributed by atoms with Crippen molar-refractivity contribution >= 4 is 16.8 Å². The molecule has 0 aliphatic carbocycles. The first-order valence-corrected chi connectivity index (χ1v) is 13.5. The van der Waals surface area contributed by atoms with Crippen LogP contribution in [0.3, 0.4) is 0 Å². The van der Waals surface area contributed by atoms with Gasteiger partial charge in [-0.1, -0.05) is 42.5 Å². The number of hydrogen-bond donors (Lipinski definition) is 1. The molecule has 0 radical (unpaired) electrons. The SMILES string of the molecule is Cc1ccc2cc([C@@H](c3nnnn3CCc3ccccc3)N3CCN(C(=O)c4ccco4)CC3)c(=O)[nH]c2c1C. The third-order valence-electron chi connectivity index (χ3n) is 7.83. The van der Waals surface area contributed by atoms with Crippen LogP contribution in [0.15, 0.2) is 76.1 Å². The van der Waals surface area contributed by atoms with Gasteiger partial charge in [-0.25, -0.2) is 4.68 Å². The molecule has 0 bridgehead atoms. The molecule has 3 aromatic heterocycles. The molecule has 1 amide bonds. The van der Waals surface area contributed by atoms with Crippen LogP contribution in [0.5, 0.6) is 0 Å². The Kier molecular flexibility index (Phi) is 7.00. The summed E-state index contributed by atoms with van der Waals surface area (Å²) in [5.41, 5.74) is 4.60. The highest BCUT2D eigenvalue weighted by molar-refractivity contribution is 5.91. The van der Waals surface area contributed by atoms with E-state index in [0.717, 1.165) is 28.5 Å². The van der Waals surface area contributed by atoms with E-state index in [1.165, 1.54) is 11.8 Å². The number of benzene rings is 2. The van der Waals surface area contributed by atoms with Gasteiger partial charge < -0.3 is 14.3 Å². The largest absolute Gasteiger partial charge is 0.459 e. The molecule has 10 nitrogen and oxygen atoms in total. The van der Waals surface area contributed by atoms with Crippen LogP contribution in [0.4, 0.5) is 0 Å². The summed E-state index contributed by atoms with van der Waals surface area (Å²) in [4.78, 5) is 33.7. The molecule has 1 fully saturated rings. The van der Waals surface area contributed by atoms with E-state index in [1.54, 1.807) is 21.7 Å². The Balaban J connectivity index is 1.35. The molecule has 1 N–H and O–H groups in total. The van der Waals surface area contributed by atoms with Crippen LogP contribution in [-0.4, -0.2) is 67.1 Å². The van der Waals surface area contributed by atoms with Crippen molar-refractivity contribution in [3.05, 3.63) is 111 Å². The number of carbonyl (C=O) groups is 1. The Morgan fingerprint density at radius 2 is 1.82 bits per heavy atom. The van der Waals surface area contributed by atoms with Gasteiger partial charge in [0.1, 0.15) is 6.04 Å². The number of rotatable bonds is 7. The Labute approximate surface area is 231 Å². The van der Waals surface area contributed by atoms with Gasteiger partial charge in [0.15, 0.2) is 11.6 Å². The fourth-order valence-corrected chi connectivity index (χ4v) is 5.43. The Bertz CT molecular complexity index is 1680. The second-order valence-electron chi connectivity index (χ2n) is 10.2. The third-order valence-corrected chi connectivity index (χ3v) is 7.83. The fraction of sp³-hybridized carbons (Fsp3) is 0.300. The number of aromatic amines is 1. The monoisotopic (exact) mass is 537 g/mol. The van der Waals surface area contributed by atoms with Crippen molar-refractivity contribution in [3.8, 4) is 0 Å². The summed E-state index contributed by atoms with van der Waals surface area (Å²) in [6.45, 7) is 6.71. The van der Waals surface area contributed by atoms with Crippen molar-refractivity contribution in [2.75, 3.05) is 26.2 Å². The summed E-state index contributed by atoms with van der Waals surface area (Å²) < 4.78 is 7.12. The van der Waals surface area contributed by atoms with Crippen LogP contribution in [-0.2, 0) is 13.0 Å². The van der Waals surface area contributed by atoms with Crippen LogP contribution in [0, 0.1) is 13.8 Å². The first kappa shape index (κ1) is 25.7. The average Bonchev–Trinajstić information content (AvgIpc) is 3.69. The maximum atomic E-state index is 13.7. The molecule has 0 saturated carbocycles. The van der Waals surface area contributed by atoms with Crippen molar-refractivity contribution in [3.63, 3.8) is 0 Å². The standard InChI is InChI=1S/C30H31N7O3/c1-20-10-11-23-19-24(29(38)31-26(23)21(20)2)27(28-32-33-34-37(28)13-12-22-7-4-3-5-8-22)35-14-16-36(17-15-35)30(39)25-9-6-18-40-25/h3-11,18-19,27H,12-17H2,1-2H3,(H,31,38)/t27-/m0/s1. The van der Waals surface area contributed by atoms with Crippen LogP contribution in [0.1, 0.15) is 44.7 Å². The van der Waals surface area contributed by atoms with Gasteiger partial charge in [0.25, 0.3) is 11.5 Å². The zero-order valence-electron chi connectivity index (χ0n) is 22.6. The van der Waals surface area contributed by atoms with Gasteiger partial charge in [-0.3, -0.25) is 14.5 Å². The maximum absolute atomic E-state index is 13.7. The average molecular weight is 538 g/mol. The van der Waals surface area contributed by atoms with E-state index in [4.69, 9.17) is 4.42 Å². The lowest BCUT2D eigenvalue weighted by Gasteiger charge is -2.38. The third kappa shape index (κ3) is 4.93. The smallest absolute Gasteiger partial charge is 0.289 e. The number of nitrogens with zero attached hydrogens (tertiary/aromatic N) is 6. The number of furan rings is 1. The maximum Gasteiger partial charge on any atom is 0.289 e. The van der Waals surface area contributed by atoms with Gasteiger partial charge in [0.05, 0.1) is 11.8 Å². The van der Waals surface area contributed by atoms with Gasteiger partial charge in [-0.2, -0.15) is 0 Å². The Hall–Kier alpha value is -4.57. The number of amides is 1. The zero-order valence-corrected chi connectivity index (χ0v) is 22.6. The topological polar surface area (TPSA) is 113 Å². The predicted octanol–water partition coefficient (Wildman–Crippen LogP) is 3.51. The first-order valence-electron chi connectivity index (χ1n) is 13.5. The van der Waals surface area contributed by atoms with E-state index in [1.807, 2.05) is 44.2 Å². The molecule has 1 atom stereocenters. The van der Waals surface area contributed by atoms with Crippen LogP contribution >= 0.6 is 0 Å². The summed E-state index contributed by atoms with van der Waals surface area (Å²) in [5, 5.41) is 13.7. The molecule has 5 aromatic rings. The van der Waals surface area contributed by atoms with Gasteiger partial charge in [0, 0.05) is 38.3 Å². The van der Waals surface area contributed by atoms with Crippen molar-refractivity contribution < 1.29 is 9.21 Å². The summed E-state index contributed by atoms with van der Waals surface area (Å²) in [7, 11) is 0. The second-order valence-corrected chi connectivity index (χ2v) is 10.2. The quantitative estimate of drug-likeness (QED) is 0.338. The van der Waals surface area contributed by atoms with Crippen molar-refractivity contribution in [1.82, 2.24) is 35.0 Å². The predicted molar refractivity (Wildman–Crippen MR) is 150 cm³/mol. The normalized spacial score (nSPS) is 15.0. The molecule has 6 rings (SSSR count). The highest BCUT2D eigenvalue weighted by Crippen LogP contribution is 2.29.